The third kappa shape index (κ3) is 2.78. The average Bonchev–Trinajstić information content (AvgIpc) is 1.85. The summed E-state index contributed by atoms with van der Waals surface area (Å²) in [5.41, 5.74) is 4.54. The molecule has 62 valence electrons. The Morgan fingerprint density at radius 1 is 1.45 bits per heavy atom. The van der Waals surface area contributed by atoms with Crippen molar-refractivity contribution in [2.75, 3.05) is 0 Å². The van der Waals surface area contributed by atoms with E-state index in [0.717, 1.165) is 6.92 Å². The fraction of sp³-hybridized carbons (Fsp3) is 0.200. The van der Waals surface area contributed by atoms with Crippen LogP contribution in [0.25, 0.3) is 0 Å². The molecular weight excluding hydrogens is 193 g/mol. The minimum atomic E-state index is -1.05. The minimum Gasteiger partial charge on any atom is -0.389 e. The molecule has 0 aromatic rings. The van der Waals surface area contributed by atoms with Crippen LogP contribution in [0.2, 0.25) is 0 Å². The lowest BCUT2D eigenvalue weighted by Crippen LogP contribution is -2.14. The first-order valence-corrected chi connectivity index (χ1v) is 3.18. The summed E-state index contributed by atoms with van der Waals surface area (Å²) in [7, 11) is 0. The first kappa shape index (κ1) is 10.3. The highest BCUT2D eigenvalue weighted by Gasteiger charge is 2.18. The maximum absolute atomic E-state index is 10.6. The summed E-state index contributed by atoms with van der Waals surface area (Å²) in [6, 6.07) is 0. The summed E-state index contributed by atoms with van der Waals surface area (Å²) in [6.07, 6.45) is 0. The lowest BCUT2D eigenvalue weighted by Gasteiger charge is -1.98. The average molecular weight is 198 g/mol. The Labute approximate surface area is 73.1 Å². The zero-order valence-corrected chi connectivity index (χ0v) is 7.07. The van der Waals surface area contributed by atoms with E-state index in [4.69, 9.17) is 17.3 Å². The van der Waals surface area contributed by atoms with Crippen LogP contribution in [-0.2, 0) is 13.9 Å². The van der Waals surface area contributed by atoms with Crippen molar-refractivity contribution in [1.29, 1.82) is 0 Å². The van der Waals surface area contributed by atoms with Crippen LogP contribution in [0.4, 0.5) is 0 Å². The molecule has 11 heavy (non-hydrogen) atoms. The highest BCUT2D eigenvalue weighted by Crippen LogP contribution is 2.07. The van der Waals surface area contributed by atoms with Gasteiger partial charge >= 0.3 is 5.97 Å². The molecule has 0 rings (SSSR count). The summed E-state index contributed by atoms with van der Waals surface area (Å²) in [4.78, 5) is 21.2. The molecule has 0 radical (unpaired) electrons. The second-order valence-electron chi connectivity index (χ2n) is 1.64. The van der Waals surface area contributed by atoms with Gasteiger partial charge < -0.3 is 10.0 Å². The van der Waals surface area contributed by atoms with Crippen LogP contribution in [0.15, 0.2) is 10.7 Å². The smallest absolute Gasteiger partial charge is 0.362 e. The van der Waals surface area contributed by atoms with Gasteiger partial charge in [0.1, 0.15) is 22.6 Å². The van der Waals surface area contributed by atoms with Gasteiger partial charge in [-0.25, -0.2) is 4.79 Å². The van der Waals surface area contributed by atoms with Crippen LogP contribution < -0.4 is 5.73 Å². The Balaban J connectivity index is 4.79. The maximum atomic E-state index is 10.6. The molecule has 4 nitrogen and oxygen atoms in total. The van der Waals surface area contributed by atoms with Crippen molar-refractivity contribution in [1.82, 2.24) is 0 Å². The first-order chi connectivity index (χ1) is 5.00. The van der Waals surface area contributed by atoms with E-state index in [2.05, 4.69) is 16.2 Å². The monoisotopic (exact) mass is 197 g/mol. The Morgan fingerprint density at radius 3 is 2.00 bits per heavy atom. The predicted molar refractivity (Wildman–Crippen MR) is 39.7 cm³/mol. The molecule has 0 unspecified atom stereocenters. The molecule has 0 aliphatic carbocycles. The number of nitrogens with two attached hydrogens (primary N) is 1. The summed E-state index contributed by atoms with van der Waals surface area (Å²) in [5.74, 6) is -1.64. The molecule has 0 aliphatic rings. The summed E-state index contributed by atoms with van der Waals surface area (Å²) in [6.45, 7) is 1.12. The van der Waals surface area contributed by atoms with Gasteiger partial charge in [0.05, 0.1) is 0 Å². The van der Waals surface area contributed by atoms with Crippen LogP contribution in [-0.4, -0.2) is 11.8 Å². The zero-order valence-electron chi connectivity index (χ0n) is 5.56. The van der Waals surface area contributed by atoms with Gasteiger partial charge in [-0.3, -0.25) is 4.79 Å². The Hall–Kier alpha value is -0.740. The van der Waals surface area contributed by atoms with Gasteiger partial charge in [-0.05, 0) is 6.92 Å². The standard InChI is InChI=1S/C5H5Cl2NO3/c1-2(9)3(4(6)8)5(10)11-7/h8H2,1H3. The quantitative estimate of drug-likeness (QED) is 0.306. The Morgan fingerprint density at radius 2 is 1.91 bits per heavy atom. The first-order valence-electron chi connectivity index (χ1n) is 2.49. The molecule has 0 aliphatic heterocycles. The fourth-order valence-corrected chi connectivity index (χ4v) is 0.735. The molecule has 0 saturated heterocycles. The van der Waals surface area contributed by atoms with Crippen LogP contribution in [0.3, 0.4) is 0 Å². The van der Waals surface area contributed by atoms with E-state index in [1.807, 2.05) is 0 Å². The van der Waals surface area contributed by atoms with Crippen molar-refractivity contribution in [3.63, 3.8) is 0 Å². The molecule has 0 amide bonds. The van der Waals surface area contributed by atoms with Gasteiger partial charge in [0.2, 0.25) is 0 Å². The van der Waals surface area contributed by atoms with E-state index in [1.165, 1.54) is 0 Å². The van der Waals surface area contributed by atoms with E-state index >= 15 is 0 Å². The van der Waals surface area contributed by atoms with Crippen LogP contribution in [0.5, 0.6) is 0 Å². The van der Waals surface area contributed by atoms with Crippen LogP contribution >= 0.6 is 23.5 Å². The van der Waals surface area contributed by atoms with E-state index < -0.39 is 22.5 Å². The molecule has 0 bridgehead atoms. The van der Waals surface area contributed by atoms with Gasteiger partial charge in [-0.2, -0.15) is 0 Å². The summed E-state index contributed by atoms with van der Waals surface area (Å²) < 4.78 is 3.73. The molecule has 0 fully saturated rings. The third-order valence-corrected chi connectivity index (χ3v) is 1.19. The van der Waals surface area contributed by atoms with E-state index in [0.29, 0.717) is 0 Å². The number of hydrogen-bond donors (Lipinski definition) is 1. The highest BCUT2D eigenvalue weighted by molar-refractivity contribution is 6.36. The highest BCUT2D eigenvalue weighted by atomic mass is 35.5. The summed E-state index contributed by atoms with van der Waals surface area (Å²) >= 11 is 9.87. The number of hydrogen-bond acceptors (Lipinski definition) is 4. The normalized spacial score (nSPS) is 11.9. The zero-order chi connectivity index (χ0) is 9.02. The molecule has 0 heterocycles. The number of halogens is 2. The second kappa shape index (κ2) is 4.20. The molecule has 0 atom stereocenters. The van der Waals surface area contributed by atoms with Crippen molar-refractivity contribution in [3.8, 4) is 0 Å². The van der Waals surface area contributed by atoms with E-state index in [-0.39, 0.29) is 0 Å². The molecule has 2 N–H and O–H groups in total. The van der Waals surface area contributed by atoms with Crippen molar-refractivity contribution in [2.45, 2.75) is 6.92 Å². The third-order valence-electron chi connectivity index (χ3n) is 0.865. The Bertz CT molecular complexity index is 220. The number of ketones is 1. The number of carbonyl (C=O) groups excluding carboxylic acids is 2. The Kier molecular flexibility index (Phi) is 3.92. The van der Waals surface area contributed by atoms with Gasteiger partial charge in [0, 0.05) is 0 Å². The van der Waals surface area contributed by atoms with Crippen molar-refractivity contribution < 1.29 is 13.9 Å². The summed E-state index contributed by atoms with van der Waals surface area (Å²) in [5, 5.41) is -0.428. The molecule has 0 spiro atoms. The minimum absolute atomic E-state index is 0.428. The van der Waals surface area contributed by atoms with E-state index in [1.54, 1.807) is 0 Å². The van der Waals surface area contributed by atoms with Gasteiger partial charge in [0.25, 0.3) is 0 Å². The van der Waals surface area contributed by atoms with Crippen molar-refractivity contribution in [2.24, 2.45) is 5.73 Å². The largest absolute Gasteiger partial charge is 0.389 e. The number of Topliss-reactive ketones (excluding diaryl/α,β-unsaturated/α-hetero) is 1. The van der Waals surface area contributed by atoms with Gasteiger partial charge in [-0.15, -0.1) is 0 Å². The molecule has 0 aromatic heterocycles. The maximum Gasteiger partial charge on any atom is 0.362 e. The van der Waals surface area contributed by atoms with E-state index in [9.17, 15) is 9.59 Å². The molecule has 0 aromatic carbocycles. The van der Waals surface area contributed by atoms with Crippen molar-refractivity contribution >= 4 is 35.2 Å². The molecular formula is C5H5Cl2NO3. The SMILES string of the molecule is CC(=O)C(C(=O)OCl)=C(N)Cl. The van der Waals surface area contributed by atoms with Crippen LogP contribution in [0.1, 0.15) is 6.92 Å². The lowest BCUT2D eigenvalue weighted by atomic mass is 10.2. The number of carbonyl (C=O) groups is 2. The molecule has 6 heteroatoms. The fourth-order valence-electron chi connectivity index (χ4n) is 0.448. The second-order valence-corrected chi connectivity index (χ2v) is 2.21. The predicted octanol–water partition coefficient (Wildman–Crippen LogP) is 0.682. The van der Waals surface area contributed by atoms with Crippen molar-refractivity contribution in [3.05, 3.63) is 10.7 Å². The van der Waals surface area contributed by atoms with Gasteiger partial charge in [0.15, 0.2) is 5.78 Å². The molecule has 0 saturated carbocycles. The van der Waals surface area contributed by atoms with Gasteiger partial charge in [-0.1, -0.05) is 11.6 Å². The lowest BCUT2D eigenvalue weighted by molar-refractivity contribution is -0.131. The number of rotatable bonds is 2. The topological polar surface area (TPSA) is 69.4 Å². The van der Waals surface area contributed by atoms with Crippen LogP contribution in [0, 0.1) is 0 Å².